The first kappa shape index (κ1) is 21.2. The highest BCUT2D eigenvalue weighted by molar-refractivity contribution is 7.99. The molecule has 1 N–H and O–H groups in total. The average Bonchev–Trinajstić information content (AvgIpc) is 3.41. The molecule has 0 radical (unpaired) electrons. The fourth-order valence-corrected chi connectivity index (χ4v) is 4.81. The summed E-state index contributed by atoms with van der Waals surface area (Å²) < 4.78 is 14.9. The molecule has 4 aromatic rings. The number of hydrogen-bond acceptors (Lipinski definition) is 4. The van der Waals surface area contributed by atoms with Crippen LogP contribution in [0, 0.1) is 5.82 Å². The quantitative estimate of drug-likeness (QED) is 0.431. The van der Waals surface area contributed by atoms with E-state index in [0.29, 0.717) is 17.4 Å². The van der Waals surface area contributed by atoms with E-state index >= 15 is 0 Å². The Kier molecular flexibility index (Phi) is 5.83. The predicted molar refractivity (Wildman–Crippen MR) is 128 cm³/mol. The molecule has 2 heterocycles. The highest BCUT2D eigenvalue weighted by Gasteiger charge is 2.25. The minimum absolute atomic E-state index is 0.0132. The van der Waals surface area contributed by atoms with Crippen LogP contribution in [-0.4, -0.2) is 33.7 Å². The Morgan fingerprint density at radius 2 is 1.76 bits per heavy atom. The van der Waals surface area contributed by atoms with E-state index in [1.54, 1.807) is 0 Å². The van der Waals surface area contributed by atoms with Crippen LogP contribution >= 0.6 is 11.8 Å². The predicted octanol–water partition coefficient (Wildman–Crippen LogP) is 4.50. The average molecular weight is 461 g/mol. The van der Waals surface area contributed by atoms with Crippen LogP contribution in [0.25, 0.3) is 11.0 Å². The van der Waals surface area contributed by atoms with Crippen molar-refractivity contribution in [3.8, 4) is 0 Å². The lowest BCUT2D eigenvalue weighted by atomic mass is 10.2. The van der Waals surface area contributed by atoms with Gasteiger partial charge in [0, 0.05) is 17.9 Å². The van der Waals surface area contributed by atoms with Gasteiger partial charge in [-0.05, 0) is 54.4 Å². The maximum atomic E-state index is 13.2. The van der Waals surface area contributed by atoms with E-state index in [9.17, 15) is 14.0 Å². The number of carbonyl (C=O) groups excluding carboxylic acids is 2. The van der Waals surface area contributed by atoms with Crippen molar-refractivity contribution < 1.29 is 14.0 Å². The van der Waals surface area contributed by atoms with Gasteiger partial charge in [0.05, 0.1) is 16.8 Å². The second kappa shape index (κ2) is 9.07. The number of para-hydroxylation sites is 3. The smallest absolute Gasteiger partial charge is 0.247 e. The molecular weight excluding hydrogens is 439 g/mol. The maximum Gasteiger partial charge on any atom is 0.247 e. The molecule has 6 nitrogen and oxygen atoms in total. The lowest BCUT2D eigenvalue weighted by Crippen LogP contribution is -2.32. The number of thioether (sulfide) groups is 1. The zero-order valence-corrected chi connectivity index (χ0v) is 18.5. The summed E-state index contributed by atoms with van der Waals surface area (Å²) in [6.45, 7) is 0.796. The van der Waals surface area contributed by atoms with Gasteiger partial charge < -0.3 is 14.8 Å². The zero-order valence-electron chi connectivity index (χ0n) is 17.7. The zero-order chi connectivity index (χ0) is 22.8. The third kappa shape index (κ3) is 4.47. The van der Waals surface area contributed by atoms with Gasteiger partial charge in [0.25, 0.3) is 0 Å². The molecule has 166 valence electrons. The molecule has 1 aliphatic heterocycles. The van der Waals surface area contributed by atoms with E-state index in [1.165, 1.54) is 41.6 Å². The summed E-state index contributed by atoms with van der Waals surface area (Å²) in [4.78, 5) is 32.1. The normalized spacial score (nSPS) is 12.7. The third-order valence-corrected chi connectivity index (χ3v) is 6.54. The summed E-state index contributed by atoms with van der Waals surface area (Å²) in [5.41, 5.74) is 4.28. The minimum Gasteiger partial charge on any atom is -0.325 e. The number of hydrogen-bond donors (Lipinski definition) is 1. The number of nitrogens with zero attached hydrogens (tertiary/aromatic N) is 3. The number of amides is 2. The van der Waals surface area contributed by atoms with Crippen molar-refractivity contribution in [3.63, 3.8) is 0 Å². The summed E-state index contributed by atoms with van der Waals surface area (Å²) in [7, 11) is 0. The number of nitrogens with one attached hydrogen (secondary N) is 1. The number of fused-ring (bicyclic) bond motifs is 2. The Hall–Kier alpha value is -3.65. The van der Waals surface area contributed by atoms with E-state index in [2.05, 4.69) is 16.4 Å². The number of rotatable bonds is 6. The molecule has 0 fully saturated rings. The first-order valence-corrected chi connectivity index (χ1v) is 11.6. The van der Waals surface area contributed by atoms with E-state index in [4.69, 9.17) is 0 Å². The monoisotopic (exact) mass is 460 g/mol. The molecule has 0 saturated heterocycles. The highest BCUT2D eigenvalue weighted by Crippen LogP contribution is 2.29. The molecule has 0 spiro atoms. The molecule has 2 amide bonds. The van der Waals surface area contributed by atoms with Gasteiger partial charge in [-0.3, -0.25) is 9.59 Å². The Bertz CT molecular complexity index is 1340. The lowest BCUT2D eigenvalue weighted by molar-refractivity contribution is -0.119. The van der Waals surface area contributed by atoms with Gasteiger partial charge in [-0.1, -0.05) is 42.1 Å². The molecular formula is C25H21FN4O2S. The van der Waals surface area contributed by atoms with Gasteiger partial charge in [0.15, 0.2) is 5.16 Å². The van der Waals surface area contributed by atoms with Crippen molar-refractivity contribution in [2.45, 2.75) is 18.1 Å². The SMILES string of the molecule is O=C(CSc1nc2ccccc2n1CC(=O)N1CCc2ccccc21)Nc1ccc(F)cc1. The molecule has 0 aliphatic carbocycles. The van der Waals surface area contributed by atoms with Crippen LogP contribution < -0.4 is 10.2 Å². The first-order chi connectivity index (χ1) is 16.1. The number of aromatic nitrogens is 2. The van der Waals surface area contributed by atoms with Crippen LogP contribution in [0.5, 0.6) is 0 Å². The van der Waals surface area contributed by atoms with Crippen LogP contribution in [-0.2, 0) is 22.6 Å². The Balaban J connectivity index is 1.34. The fraction of sp³-hybridized carbons (Fsp3) is 0.160. The Labute approximate surface area is 194 Å². The summed E-state index contributed by atoms with van der Waals surface area (Å²) in [5, 5.41) is 3.35. The van der Waals surface area contributed by atoms with Gasteiger partial charge in [-0.15, -0.1) is 0 Å². The molecule has 0 unspecified atom stereocenters. The van der Waals surface area contributed by atoms with Gasteiger partial charge >= 0.3 is 0 Å². The minimum atomic E-state index is -0.360. The third-order valence-electron chi connectivity index (χ3n) is 5.56. The topological polar surface area (TPSA) is 67.2 Å². The van der Waals surface area contributed by atoms with Crippen molar-refractivity contribution in [2.24, 2.45) is 0 Å². The van der Waals surface area contributed by atoms with Crippen molar-refractivity contribution in [3.05, 3.63) is 84.2 Å². The maximum absolute atomic E-state index is 13.2. The van der Waals surface area contributed by atoms with Crippen molar-refractivity contribution >= 4 is 46.0 Å². The summed E-state index contributed by atoms with van der Waals surface area (Å²) in [6.07, 6.45) is 0.845. The van der Waals surface area contributed by atoms with Crippen LogP contribution in [0.3, 0.4) is 0 Å². The van der Waals surface area contributed by atoms with Crippen molar-refractivity contribution in [1.82, 2.24) is 9.55 Å². The van der Waals surface area contributed by atoms with Crippen LogP contribution in [0.1, 0.15) is 5.56 Å². The van der Waals surface area contributed by atoms with Crippen molar-refractivity contribution in [2.75, 3.05) is 22.5 Å². The number of carbonyl (C=O) groups is 2. The molecule has 1 aliphatic rings. The number of benzene rings is 3. The molecule has 33 heavy (non-hydrogen) atoms. The van der Waals surface area contributed by atoms with Crippen LogP contribution in [0.4, 0.5) is 15.8 Å². The van der Waals surface area contributed by atoms with Gasteiger partial charge in [-0.2, -0.15) is 0 Å². The van der Waals surface area contributed by atoms with Crippen molar-refractivity contribution in [1.29, 1.82) is 0 Å². The standard InChI is InChI=1S/C25H21FN4O2S/c26-18-9-11-19(12-10-18)27-23(31)16-33-25-28-20-6-2-4-8-22(20)30(25)15-24(32)29-14-13-17-5-1-3-7-21(17)29/h1-12H,13-16H2,(H,27,31). The Morgan fingerprint density at radius 1 is 1.00 bits per heavy atom. The summed E-state index contributed by atoms with van der Waals surface area (Å²) in [5.74, 6) is -0.492. The van der Waals surface area contributed by atoms with Crippen LogP contribution in [0.2, 0.25) is 0 Å². The summed E-state index contributed by atoms with van der Waals surface area (Å²) in [6, 6.07) is 21.2. The summed E-state index contributed by atoms with van der Waals surface area (Å²) >= 11 is 1.27. The molecule has 8 heteroatoms. The first-order valence-electron chi connectivity index (χ1n) is 10.6. The molecule has 0 atom stereocenters. The van der Waals surface area contributed by atoms with Gasteiger partial charge in [-0.25, -0.2) is 9.37 Å². The molecule has 5 rings (SSSR count). The van der Waals surface area contributed by atoms with E-state index in [1.807, 2.05) is 51.9 Å². The van der Waals surface area contributed by atoms with E-state index < -0.39 is 0 Å². The second-order valence-corrected chi connectivity index (χ2v) is 8.68. The molecule has 3 aromatic carbocycles. The van der Waals surface area contributed by atoms with E-state index in [-0.39, 0.29) is 29.9 Å². The second-order valence-electron chi connectivity index (χ2n) is 7.74. The largest absolute Gasteiger partial charge is 0.325 e. The van der Waals surface area contributed by atoms with Gasteiger partial charge in [0.2, 0.25) is 11.8 Å². The number of halogens is 1. The molecule has 0 bridgehead atoms. The number of imidazole rings is 1. The Morgan fingerprint density at radius 3 is 2.61 bits per heavy atom. The highest BCUT2D eigenvalue weighted by atomic mass is 32.2. The molecule has 0 saturated carbocycles. The molecule has 1 aromatic heterocycles. The van der Waals surface area contributed by atoms with E-state index in [0.717, 1.165) is 23.1 Å². The lowest BCUT2D eigenvalue weighted by Gasteiger charge is -2.18. The fourth-order valence-electron chi connectivity index (χ4n) is 3.99. The van der Waals surface area contributed by atoms with Gasteiger partial charge in [0.1, 0.15) is 12.4 Å². The van der Waals surface area contributed by atoms with Crippen LogP contribution in [0.15, 0.2) is 78.0 Å². The number of anilines is 2.